The molecule has 1 N–H and O–H groups in total. The SMILES string of the molecule is C(=Cc1ccccc1)NC=Cc1ccccc1.c1ccc(C2(c3ccccc3)CCCCC2)cc1. The Morgan fingerprint density at radius 1 is 0.457 bits per heavy atom. The summed E-state index contributed by atoms with van der Waals surface area (Å²) in [5.74, 6) is 0. The molecule has 0 saturated heterocycles. The Morgan fingerprint density at radius 3 is 1.23 bits per heavy atom. The molecule has 0 amide bonds. The van der Waals surface area contributed by atoms with Gasteiger partial charge in [-0.2, -0.15) is 0 Å². The molecule has 4 aromatic rings. The van der Waals surface area contributed by atoms with Gasteiger partial charge in [-0.05, 0) is 47.2 Å². The molecule has 176 valence electrons. The molecule has 0 aromatic heterocycles. The van der Waals surface area contributed by atoms with Crippen LogP contribution >= 0.6 is 0 Å². The van der Waals surface area contributed by atoms with E-state index >= 15 is 0 Å². The van der Waals surface area contributed by atoms with Crippen LogP contribution in [-0.4, -0.2) is 0 Å². The van der Waals surface area contributed by atoms with Crippen molar-refractivity contribution < 1.29 is 0 Å². The zero-order valence-electron chi connectivity index (χ0n) is 20.4. The summed E-state index contributed by atoms with van der Waals surface area (Å²) < 4.78 is 0. The van der Waals surface area contributed by atoms with Crippen LogP contribution in [0.5, 0.6) is 0 Å². The molecule has 1 heteroatoms. The van der Waals surface area contributed by atoms with E-state index in [4.69, 9.17) is 0 Å². The van der Waals surface area contributed by atoms with Crippen LogP contribution in [0.3, 0.4) is 0 Å². The molecular weight excluding hydrogens is 422 g/mol. The van der Waals surface area contributed by atoms with E-state index in [-0.39, 0.29) is 5.41 Å². The number of hydrogen-bond acceptors (Lipinski definition) is 1. The summed E-state index contributed by atoms with van der Waals surface area (Å²) in [6.07, 6.45) is 14.6. The second kappa shape index (κ2) is 13.2. The van der Waals surface area contributed by atoms with E-state index in [9.17, 15) is 0 Å². The van der Waals surface area contributed by atoms with Crippen LogP contribution in [0.2, 0.25) is 0 Å². The second-order valence-corrected chi connectivity index (χ2v) is 9.03. The Balaban J connectivity index is 0.000000165. The molecule has 35 heavy (non-hydrogen) atoms. The smallest absolute Gasteiger partial charge is 0.0202 e. The highest BCUT2D eigenvalue weighted by Gasteiger charge is 2.35. The van der Waals surface area contributed by atoms with Crippen molar-refractivity contribution in [2.75, 3.05) is 0 Å². The first-order valence-corrected chi connectivity index (χ1v) is 12.7. The zero-order chi connectivity index (χ0) is 24.0. The predicted molar refractivity (Wildman–Crippen MR) is 151 cm³/mol. The molecule has 4 aromatic carbocycles. The van der Waals surface area contributed by atoms with Gasteiger partial charge < -0.3 is 5.32 Å². The summed E-state index contributed by atoms with van der Waals surface area (Å²) in [6.45, 7) is 0. The van der Waals surface area contributed by atoms with E-state index in [1.165, 1.54) is 54.4 Å². The van der Waals surface area contributed by atoms with Crippen LogP contribution in [0.1, 0.15) is 54.4 Å². The summed E-state index contributed by atoms with van der Waals surface area (Å²) in [6, 6.07) is 42.6. The fraction of sp³-hybridized carbons (Fsp3) is 0.176. The van der Waals surface area contributed by atoms with Crippen molar-refractivity contribution in [3.05, 3.63) is 156 Å². The first-order valence-electron chi connectivity index (χ1n) is 12.7. The maximum Gasteiger partial charge on any atom is 0.0202 e. The average molecular weight is 458 g/mol. The van der Waals surface area contributed by atoms with Crippen LogP contribution in [0, 0.1) is 0 Å². The minimum atomic E-state index is 0.265. The van der Waals surface area contributed by atoms with Gasteiger partial charge in [0.25, 0.3) is 0 Å². The maximum atomic E-state index is 3.12. The summed E-state index contributed by atoms with van der Waals surface area (Å²) in [5, 5.41) is 3.12. The van der Waals surface area contributed by atoms with Gasteiger partial charge in [-0.3, -0.25) is 0 Å². The largest absolute Gasteiger partial charge is 0.368 e. The second-order valence-electron chi connectivity index (χ2n) is 9.03. The molecule has 0 spiro atoms. The molecule has 1 fully saturated rings. The van der Waals surface area contributed by atoms with Gasteiger partial charge in [-0.1, -0.05) is 141 Å². The lowest BCUT2D eigenvalue weighted by atomic mass is 9.65. The van der Waals surface area contributed by atoms with Crippen molar-refractivity contribution in [3.63, 3.8) is 0 Å². The molecule has 0 atom stereocenters. The van der Waals surface area contributed by atoms with Crippen molar-refractivity contribution >= 4 is 12.2 Å². The fourth-order valence-electron chi connectivity index (χ4n) is 4.89. The molecule has 0 aliphatic heterocycles. The van der Waals surface area contributed by atoms with Gasteiger partial charge in [0.1, 0.15) is 0 Å². The quantitative estimate of drug-likeness (QED) is 0.305. The highest BCUT2D eigenvalue weighted by Crippen LogP contribution is 2.44. The summed E-state index contributed by atoms with van der Waals surface area (Å²) in [4.78, 5) is 0. The predicted octanol–water partition coefficient (Wildman–Crippen LogP) is 8.85. The van der Waals surface area contributed by atoms with Crippen molar-refractivity contribution in [3.8, 4) is 0 Å². The fourth-order valence-corrected chi connectivity index (χ4v) is 4.89. The van der Waals surface area contributed by atoms with Crippen LogP contribution < -0.4 is 5.32 Å². The Morgan fingerprint density at radius 2 is 0.829 bits per heavy atom. The zero-order valence-corrected chi connectivity index (χ0v) is 20.4. The van der Waals surface area contributed by atoms with Gasteiger partial charge in [-0.25, -0.2) is 0 Å². The minimum Gasteiger partial charge on any atom is -0.368 e. The van der Waals surface area contributed by atoms with E-state index in [1.807, 2.05) is 61.0 Å². The van der Waals surface area contributed by atoms with Gasteiger partial charge in [0.2, 0.25) is 0 Å². The Bertz CT molecular complexity index is 1070. The van der Waals surface area contributed by atoms with E-state index in [2.05, 4.69) is 90.2 Å². The van der Waals surface area contributed by atoms with Gasteiger partial charge >= 0.3 is 0 Å². The highest BCUT2D eigenvalue weighted by atomic mass is 14.8. The molecule has 1 nitrogen and oxygen atoms in total. The summed E-state index contributed by atoms with van der Waals surface area (Å²) in [7, 11) is 0. The van der Waals surface area contributed by atoms with Gasteiger partial charge in [-0.15, -0.1) is 0 Å². The Labute approximate surface area is 210 Å². The van der Waals surface area contributed by atoms with Crippen LogP contribution in [-0.2, 0) is 5.41 Å². The average Bonchev–Trinajstić information content (AvgIpc) is 2.96. The molecule has 5 rings (SSSR count). The molecule has 1 aliphatic carbocycles. The lowest BCUT2D eigenvalue weighted by Crippen LogP contribution is -2.30. The standard InChI is InChI=1S/C18H20.C16H15N/c1-4-10-16(11-5-1)18(14-8-3-9-15-18)17-12-6-2-7-13-17;1-3-7-15(8-4-1)11-13-17-14-12-16-9-5-2-6-10-16/h1-2,4-7,10-13H,3,8-9,14-15H2;1-14,17H. The molecule has 1 aliphatic rings. The number of nitrogens with one attached hydrogen (secondary N) is 1. The van der Waals surface area contributed by atoms with Crippen molar-refractivity contribution in [1.82, 2.24) is 5.32 Å². The molecule has 0 heterocycles. The normalized spacial score (nSPS) is 14.9. The van der Waals surface area contributed by atoms with E-state index in [0.29, 0.717) is 0 Å². The van der Waals surface area contributed by atoms with Gasteiger partial charge in [0.05, 0.1) is 0 Å². The Kier molecular flexibility index (Phi) is 9.13. The lowest BCUT2D eigenvalue weighted by molar-refractivity contribution is 0.346. The summed E-state index contributed by atoms with van der Waals surface area (Å²) >= 11 is 0. The molecule has 0 unspecified atom stereocenters. The van der Waals surface area contributed by atoms with Gasteiger partial charge in [0, 0.05) is 17.8 Å². The third-order valence-electron chi connectivity index (χ3n) is 6.70. The first-order chi connectivity index (χ1) is 17.4. The van der Waals surface area contributed by atoms with Crippen LogP contribution in [0.15, 0.2) is 134 Å². The lowest BCUT2D eigenvalue weighted by Gasteiger charge is -2.38. The van der Waals surface area contributed by atoms with E-state index in [1.54, 1.807) is 0 Å². The monoisotopic (exact) mass is 457 g/mol. The van der Waals surface area contributed by atoms with Crippen molar-refractivity contribution in [1.29, 1.82) is 0 Å². The maximum absolute atomic E-state index is 3.12. The van der Waals surface area contributed by atoms with Crippen molar-refractivity contribution in [2.24, 2.45) is 0 Å². The molecule has 0 radical (unpaired) electrons. The third-order valence-corrected chi connectivity index (χ3v) is 6.70. The van der Waals surface area contributed by atoms with Gasteiger partial charge in [0.15, 0.2) is 0 Å². The first kappa shape index (κ1) is 24.3. The van der Waals surface area contributed by atoms with E-state index in [0.717, 1.165) is 0 Å². The summed E-state index contributed by atoms with van der Waals surface area (Å²) in [5.41, 5.74) is 5.63. The molecule has 0 bridgehead atoms. The van der Waals surface area contributed by atoms with Crippen LogP contribution in [0.4, 0.5) is 0 Å². The number of hydrogen-bond donors (Lipinski definition) is 1. The molecule has 1 saturated carbocycles. The highest BCUT2D eigenvalue weighted by molar-refractivity contribution is 5.51. The topological polar surface area (TPSA) is 12.0 Å². The minimum absolute atomic E-state index is 0.265. The Hall–Kier alpha value is -3.84. The van der Waals surface area contributed by atoms with Crippen molar-refractivity contribution in [2.45, 2.75) is 37.5 Å². The number of benzene rings is 4. The third kappa shape index (κ3) is 7.07. The van der Waals surface area contributed by atoms with E-state index < -0.39 is 0 Å². The molecular formula is C34H35N. The number of rotatable bonds is 6. The van der Waals surface area contributed by atoms with Crippen LogP contribution in [0.25, 0.3) is 12.2 Å².